The fraction of sp³-hybridized carbons (Fsp3) is 0.364. The van der Waals surface area contributed by atoms with Gasteiger partial charge in [-0.05, 0) is 6.07 Å². The quantitative estimate of drug-likeness (QED) is 0.397. The van der Waals surface area contributed by atoms with Gasteiger partial charge in [0.05, 0.1) is 12.0 Å². The molecule has 0 unspecified atom stereocenters. The van der Waals surface area contributed by atoms with Crippen molar-refractivity contribution in [3.63, 3.8) is 0 Å². The van der Waals surface area contributed by atoms with Gasteiger partial charge in [-0.15, -0.1) is 11.3 Å². The molecule has 15 heavy (non-hydrogen) atoms. The molecule has 0 aliphatic carbocycles. The number of ether oxygens (including phenoxy) is 1. The van der Waals surface area contributed by atoms with Gasteiger partial charge in [0.1, 0.15) is 12.7 Å². The molecule has 0 saturated heterocycles. The predicted octanol–water partition coefficient (Wildman–Crippen LogP) is 0.801. The van der Waals surface area contributed by atoms with Crippen LogP contribution in [0.4, 0.5) is 0 Å². The van der Waals surface area contributed by atoms with Gasteiger partial charge in [-0.1, -0.05) is 31.2 Å². The number of esters is 1. The molecule has 0 aromatic carbocycles. The lowest BCUT2D eigenvalue weighted by Crippen LogP contribution is -2.11. The molecule has 0 atom stereocenters. The molecule has 0 aliphatic rings. The topological polar surface area (TPSA) is 26.3 Å². The Labute approximate surface area is 95.1 Å². The standard InChI is InChI=1S/C11H13BO2S/c1-7(2)4-5-8-6-9(12)10(15-8)11(13)14-3/h6-7H,12H2,1-3H3. The van der Waals surface area contributed by atoms with Crippen molar-refractivity contribution >= 4 is 30.6 Å². The lowest BCUT2D eigenvalue weighted by Gasteiger charge is -1.94. The Morgan fingerprint density at radius 3 is 2.80 bits per heavy atom. The van der Waals surface area contributed by atoms with Gasteiger partial charge in [0.2, 0.25) is 0 Å². The number of hydrogen-bond acceptors (Lipinski definition) is 3. The first-order valence-electron chi connectivity index (χ1n) is 4.75. The number of rotatable bonds is 1. The predicted molar refractivity (Wildman–Crippen MR) is 65.6 cm³/mol. The van der Waals surface area contributed by atoms with Crippen LogP contribution in [0, 0.1) is 17.8 Å². The van der Waals surface area contributed by atoms with Crippen LogP contribution in [0.2, 0.25) is 0 Å². The normalized spacial score (nSPS) is 9.60. The molecule has 1 heterocycles. The van der Waals surface area contributed by atoms with Crippen LogP contribution in [0.15, 0.2) is 6.07 Å². The van der Waals surface area contributed by atoms with Crippen molar-refractivity contribution in [2.24, 2.45) is 5.92 Å². The summed E-state index contributed by atoms with van der Waals surface area (Å²) in [4.78, 5) is 12.9. The monoisotopic (exact) mass is 220 g/mol. The molecule has 0 aliphatic heterocycles. The summed E-state index contributed by atoms with van der Waals surface area (Å²) in [6, 6.07) is 1.92. The van der Waals surface area contributed by atoms with Crippen LogP contribution in [0.1, 0.15) is 28.4 Å². The van der Waals surface area contributed by atoms with Crippen LogP contribution in [0.3, 0.4) is 0 Å². The zero-order valence-electron chi connectivity index (χ0n) is 9.38. The molecule has 0 saturated carbocycles. The Morgan fingerprint density at radius 2 is 2.27 bits per heavy atom. The molecule has 0 amide bonds. The lowest BCUT2D eigenvalue weighted by molar-refractivity contribution is 0.0607. The largest absolute Gasteiger partial charge is 0.465 e. The Balaban J connectivity index is 2.97. The summed E-state index contributed by atoms with van der Waals surface area (Å²) in [7, 11) is 3.28. The van der Waals surface area contributed by atoms with Crippen LogP contribution < -0.4 is 5.46 Å². The molecule has 1 rings (SSSR count). The number of carbonyl (C=O) groups is 1. The molecular weight excluding hydrogens is 207 g/mol. The van der Waals surface area contributed by atoms with Crippen molar-refractivity contribution in [3.8, 4) is 11.8 Å². The zero-order chi connectivity index (χ0) is 11.4. The van der Waals surface area contributed by atoms with Gasteiger partial charge >= 0.3 is 5.97 Å². The van der Waals surface area contributed by atoms with Gasteiger partial charge in [0.15, 0.2) is 0 Å². The number of carbonyl (C=O) groups excluding carboxylic acids is 1. The molecule has 0 spiro atoms. The van der Waals surface area contributed by atoms with Gasteiger partial charge in [0.25, 0.3) is 0 Å². The van der Waals surface area contributed by atoms with Gasteiger partial charge in [-0.3, -0.25) is 0 Å². The van der Waals surface area contributed by atoms with E-state index in [1.165, 1.54) is 18.4 Å². The van der Waals surface area contributed by atoms with E-state index in [2.05, 4.69) is 16.6 Å². The van der Waals surface area contributed by atoms with Crippen molar-refractivity contribution in [3.05, 3.63) is 15.8 Å². The van der Waals surface area contributed by atoms with E-state index in [-0.39, 0.29) is 5.97 Å². The summed E-state index contributed by atoms with van der Waals surface area (Å²) in [6.45, 7) is 4.07. The minimum Gasteiger partial charge on any atom is -0.465 e. The Bertz CT molecular complexity index is 424. The highest BCUT2D eigenvalue weighted by Gasteiger charge is 2.12. The van der Waals surface area contributed by atoms with E-state index in [1.54, 1.807) is 0 Å². The van der Waals surface area contributed by atoms with Crippen LogP contribution >= 0.6 is 11.3 Å². The molecular formula is C11H13BO2S. The van der Waals surface area contributed by atoms with E-state index in [4.69, 9.17) is 0 Å². The summed E-state index contributed by atoms with van der Waals surface area (Å²) in [5.41, 5.74) is 0.930. The molecule has 0 bridgehead atoms. The number of hydrogen-bond donors (Lipinski definition) is 0. The smallest absolute Gasteiger partial charge is 0.347 e. The highest BCUT2D eigenvalue weighted by Crippen LogP contribution is 2.13. The Hall–Kier alpha value is -1.21. The third-order valence-corrected chi connectivity index (χ3v) is 2.91. The summed E-state index contributed by atoms with van der Waals surface area (Å²) in [5.74, 6) is 6.17. The fourth-order valence-electron chi connectivity index (χ4n) is 1.05. The van der Waals surface area contributed by atoms with Gasteiger partial charge in [-0.25, -0.2) is 4.79 Å². The Morgan fingerprint density at radius 1 is 1.60 bits per heavy atom. The van der Waals surface area contributed by atoms with Crippen LogP contribution in [0.5, 0.6) is 0 Å². The van der Waals surface area contributed by atoms with Crippen molar-refractivity contribution in [1.82, 2.24) is 0 Å². The highest BCUT2D eigenvalue weighted by atomic mass is 32.1. The molecule has 2 nitrogen and oxygen atoms in total. The summed E-state index contributed by atoms with van der Waals surface area (Å²) >= 11 is 1.39. The van der Waals surface area contributed by atoms with Crippen LogP contribution in [-0.4, -0.2) is 20.9 Å². The third-order valence-electron chi connectivity index (χ3n) is 1.77. The maximum atomic E-state index is 11.3. The van der Waals surface area contributed by atoms with Crippen LogP contribution in [0.25, 0.3) is 0 Å². The summed E-state index contributed by atoms with van der Waals surface area (Å²) in [6.07, 6.45) is 0. The maximum Gasteiger partial charge on any atom is 0.347 e. The second-order valence-electron chi connectivity index (χ2n) is 3.54. The van der Waals surface area contributed by atoms with E-state index in [0.29, 0.717) is 10.8 Å². The van der Waals surface area contributed by atoms with Crippen molar-refractivity contribution in [2.45, 2.75) is 13.8 Å². The molecule has 0 N–H and O–H groups in total. The van der Waals surface area contributed by atoms with Gasteiger partial charge in [0, 0.05) is 5.92 Å². The summed E-state index contributed by atoms with van der Waals surface area (Å²) < 4.78 is 4.68. The summed E-state index contributed by atoms with van der Waals surface area (Å²) in [5, 5.41) is 0. The van der Waals surface area contributed by atoms with Crippen LogP contribution in [-0.2, 0) is 4.74 Å². The van der Waals surface area contributed by atoms with E-state index >= 15 is 0 Å². The average molecular weight is 220 g/mol. The SMILES string of the molecule is Bc1cc(C#CC(C)C)sc1C(=O)OC. The van der Waals surface area contributed by atoms with E-state index in [0.717, 1.165) is 10.3 Å². The first kappa shape index (κ1) is 11.9. The number of methoxy groups -OCH3 is 1. The van der Waals surface area contributed by atoms with Gasteiger partial charge in [-0.2, -0.15) is 0 Å². The van der Waals surface area contributed by atoms with E-state index in [9.17, 15) is 4.79 Å². The molecule has 4 heteroatoms. The first-order valence-corrected chi connectivity index (χ1v) is 5.56. The average Bonchev–Trinajstić information content (AvgIpc) is 2.55. The maximum absolute atomic E-state index is 11.3. The second kappa shape index (κ2) is 5.04. The minimum absolute atomic E-state index is 0.282. The van der Waals surface area contributed by atoms with Crippen molar-refractivity contribution in [1.29, 1.82) is 0 Å². The molecule has 0 radical (unpaired) electrons. The molecule has 0 fully saturated rings. The van der Waals surface area contributed by atoms with E-state index in [1.807, 2.05) is 27.8 Å². The third kappa shape index (κ3) is 3.14. The first-order chi connectivity index (χ1) is 7.04. The van der Waals surface area contributed by atoms with Crippen molar-refractivity contribution < 1.29 is 9.53 Å². The highest BCUT2D eigenvalue weighted by molar-refractivity contribution is 7.15. The molecule has 78 valence electrons. The Kier molecular flexibility index (Phi) is 3.99. The van der Waals surface area contributed by atoms with Gasteiger partial charge < -0.3 is 4.74 Å². The number of thiophene rings is 1. The van der Waals surface area contributed by atoms with E-state index < -0.39 is 0 Å². The second-order valence-corrected chi connectivity index (χ2v) is 4.59. The van der Waals surface area contributed by atoms with Crippen molar-refractivity contribution in [2.75, 3.05) is 7.11 Å². The fourth-order valence-corrected chi connectivity index (χ4v) is 2.01. The molecule has 1 aromatic rings. The minimum atomic E-state index is -0.282. The lowest BCUT2D eigenvalue weighted by atomic mass is 9.96. The zero-order valence-corrected chi connectivity index (χ0v) is 10.2. The molecule has 1 aromatic heterocycles.